The van der Waals surface area contributed by atoms with Crippen LogP contribution in [0.2, 0.25) is 0 Å². The molecule has 0 spiro atoms. The predicted molar refractivity (Wildman–Crippen MR) is 59.8 cm³/mol. The van der Waals surface area contributed by atoms with E-state index in [9.17, 15) is 0 Å². The van der Waals surface area contributed by atoms with Crippen LogP contribution in [0.25, 0.3) is 0 Å². The van der Waals surface area contributed by atoms with Crippen LogP contribution >= 0.6 is 11.3 Å². The molecular formula is C11H12N2S. The van der Waals surface area contributed by atoms with E-state index in [4.69, 9.17) is 5.26 Å². The maximum Gasteiger partial charge on any atom is 0.0587 e. The molecule has 0 aromatic carbocycles. The monoisotopic (exact) mass is 204 g/mol. The van der Waals surface area contributed by atoms with Crippen molar-refractivity contribution in [3.8, 4) is 6.07 Å². The fourth-order valence-corrected chi connectivity index (χ4v) is 0.993. The van der Waals surface area contributed by atoms with Crippen LogP contribution in [0.4, 0.5) is 0 Å². The number of thiophene rings is 1. The average Bonchev–Trinajstić information content (AvgIpc) is 2.80. The molecule has 72 valence electrons. The summed E-state index contributed by atoms with van der Waals surface area (Å²) < 4.78 is 0. The van der Waals surface area contributed by atoms with Gasteiger partial charge in [-0.2, -0.15) is 16.6 Å². The van der Waals surface area contributed by atoms with Gasteiger partial charge in [0, 0.05) is 19.3 Å². The highest BCUT2D eigenvalue weighted by atomic mass is 32.1. The summed E-state index contributed by atoms with van der Waals surface area (Å²) >= 11 is 1.71. The first-order valence-corrected chi connectivity index (χ1v) is 4.99. The third-order valence-electron chi connectivity index (χ3n) is 0.992. The number of rotatable bonds is 0. The van der Waals surface area contributed by atoms with Gasteiger partial charge >= 0.3 is 0 Å². The lowest BCUT2D eigenvalue weighted by Crippen LogP contribution is -1.58. The fourth-order valence-electron chi connectivity index (χ4n) is 0.539. The lowest BCUT2D eigenvalue weighted by atomic mass is 10.5. The van der Waals surface area contributed by atoms with Crippen molar-refractivity contribution < 1.29 is 0 Å². The molecule has 2 rings (SSSR count). The van der Waals surface area contributed by atoms with Crippen LogP contribution in [0.5, 0.6) is 0 Å². The van der Waals surface area contributed by atoms with Crippen molar-refractivity contribution in [3.05, 3.63) is 53.5 Å². The molecular weight excluding hydrogens is 192 g/mol. The van der Waals surface area contributed by atoms with E-state index >= 15 is 0 Å². The van der Waals surface area contributed by atoms with E-state index in [2.05, 4.69) is 4.98 Å². The molecule has 2 nitrogen and oxygen atoms in total. The highest BCUT2D eigenvalue weighted by molar-refractivity contribution is 7.07. The Kier molecular flexibility index (Phi) is 10.00. The first-order chi connectivity index (χ1) is 6.91. The first-order valence-electron chi connectivity index (χ1n) is 4.04. The molecule has 0 saturated carbocycles. The van der Waals surface area contributed by atoms with Crippen molar-refractivity contribution in [2.45, 2.75) is 6.92 Å². The van der Waals surface area contributed by atoms with Crippen molar-refractivity contribution in [1.82, 2.24) is 4.98 Å². The highest BCUT2D eigenvalue weighted by Gasteiger charge is 1.59. The molecule has 0 aliphatic carbocycles. The molecule has 0 aliphatic rings. The third-order valence-corrected chi connectivity index (χ3v) is 1.62. The van der Waals surface area contributed by atoms with Crippen LogP contribution in [0.3, 0.4) is 0 Å². The molecule has 3 heteroatoms. The zero-order valence-corrected chi connectivity index (χ0v) is 8.82. The topological polar surface area (TPSA) is 36.7 Å². The second-order valence-electron chi connectivity index (χ2n) is 2.04. The largest absolute Gasteiger partial charge is 0.265 e. The van der Waals surface area contributed by atoms with Crippen molar-refractivity contribution >= 4 is 11.3 Å². The highest BCUT2D eigenvalue weighted by Crippen LogP contribution is 1.91. The van der Waals surface area contributed by atoms with Crippen molar-refractivity contribution in [3.63, 3.8) is 0 Å². The number of hydrogen-bond donors (Lipinski definition) is 0. The van der Waals surface area contributed by atoms with Crippen LogP contribution in [-0.2, 0) is 0 Å². The van der Waals surface area contributed by atoms with Crippen molar-refractivity contribution in [2.24, 2.45) is 0 Å². The van der Waals surface area contributed by atoms with Gasteiger partial charge in [-0.15, -0.1) is 0 Å². The maximum absolute atomic E-state index is 7.32. The average molecular weight is 204 g/mol. The minimum absolute atomic E-state index is 1.43. The van der Waals surface area contributed by atoms with Gasteiger partial charge in [-0.05, 0) is 22.9 Å². The molecule has 0 atom stereocenters. The number of hydrogen-bond acceptors (Lipinski definition) is 3. The van der Waals surface area contributed by atoms with Crippen LogP contribution in [0.15, 0.2) is 53.5 Å². The molecule has 0 saturated heterocycles. The number of nitrogens with zero attached hydrogens (tertiary/aromatic N) is 2. The number of pyridine rings is 1. The summed E-state index contributed by atoms with van der Waals surface area (Å²) in [5.41, 5.74) is 0. The Balaban J connectivity index is 0.000000193. The summed E-state index contributed by atoms with van der Waals surface area (Å²) in [4.78, 5) is 3.78. The maximum atomic E-state index is 7.32. The minimum Gasteiger partial charge on any atom is -0.265 e. The summed E-state index contributed by atoms with van der Waals surface area (Å²) in [6.07, 6.45) is 3.50. The second-order valence-corrected chi connectivity index (χ2v) is 2.86. The SMILES string of the molecule is CC#N.c1ccncc1.c1ccsc1. The lowest BCUT2D eigenvalue weighted by molar-refractivity contribution is 1.33. The van der Waals surface area contributed by atoms with Crippen LogP contribution in [0.1, 0.15) is 6.92 Å². The van der Waals surface area contributed by atoms with Crippen LogP contribution in [0, 0.1) is 11.3 Å². The summed E-state index contributed by atoms with van der Waals surface area (Å²) in [6.45, 7) is 1.43. The lowest BCUT2D eigenvalue weighted by Gasteiger charge is -1.70. The smallest absolute Gasteiger partial charge is 0.0587 e. The van der Waals surface area contributed by atoms with Crippen LogP contribution < -0.4 is 0 Å². The van der Waals surface area contributed by atoms with E-state index in [0.717, 1.165) is 0 Å². The van der Waals surface area contributed by atoms with Gasteiger partial charge in [0.1, 0.15) is 0 Å². The van der Waals surface area contributed by atoms with Crippen molar-refractivity contribution in [1.29, 1.82) is 5.26 Å². The quantitative estimate of drug-likeness (QED) is 0.659. The van der Waals surface area contributed by atoms with Gasteiger partial charge in [-0.1, -0.05) is 18.2 Å². The third kappa shape index (κ3) is 10.3. The Morgan fingerprint density at radius 1 is 1.00 bits per heavy atom. The zero-order chi connectivity index (χ0) is 10.5. The molecule has 0 aliphatic heterocycles. The Bertz CT molecular complexity index is 267. The normalized spacial score (nSPS) is 6.86. The number of aromatic nitrogens is 1. The summed E-state index contributed by atoms with van der Waals surface area (Å²) in [5.74, 6) is 0. The molecule has 14 heavy (non-hydrogen) atoms. The number of nitriles is 1. The van der Waals surface area contributed by atoms with E-state index in [1.807, 2.05) is 41.1 Å². The minimum atomic E-state index is 1.43. The summed E-state index contributed by atoms with van der Waals surface area (Å²) in [5, 5.41) is 11.4. The van der Waals surface area contributed by atoms with Gasteiger partial charge in [0.25, 0.3) is 0 Å². The van der Waals surface area contributed by atoms with Crippen LogP contribution in [-0.4, -0.2) is 4.98 Å². The zero-order valence-electron chi connectivity index (χ0n) is 8.00. The van der Waals surface area contributed by atoms with Gasteiger partial charge in [0.2, 0.25) is 0 Å². The summed E-state index contributed by atoms with van der Waals surface area (Å²) in [7, 11) is 0. The molecule has 0 N–H and O–H groups in total. The van der Waals surface area contributed by atoms with Gasteiger partial charge in [0.15, 0.2) is 0 Å². The molecule has 2 aromatic rings. The molecule has 2 aromatic heterocycles. The predicted octanol–water partition coefficient (Wildman–Crippen LogP) is 3.36. The Morgan fingerprint density at radius 2 is 1.50 bits per heavy atom. The molecule has 2 heterocycles. The fraction of sp³-hybridized carbons (Fsp3) is 0.0909. The molecule has 0 fully saturated rings. The molecule has 0 bridgehead atoms. The molecule has 0 radical (unpaired) electrons. The van der Waals surface area contributed by atoms with E-state index in [1.165, 1.54) is 6.92 Å². The van der Waals surface area contributed by atoms with Gasteiger partial charge in [-0.25, -0.2) is 0 Å². The van der Waals surface area contributed by atoms with E-state index in [-0.39, 0.29) is 0 Å². The van der Waals surface area contributed by atoms with E-state index < -0.39 is 0 Å². The Hall–Kier alpha value is -1.66. The van der Waals surface area contributed by atoms with E-state index in [0.29, 0.717) is 0 Å². The van der Waals surface area contributed by atoms with Crippen molar-refractivity contribution in [2.75, 3.05) is 0 Å². The first kappa shape index (κ1) is 12.3. The van der Waals surface area contributed by atoms with Gasteiger partial charge < -0.3 is 0 Å². The van der Waals surface area contributed by atoms with E-state index in [1.54, 1.807) is 29.8 Å². The molecule has 0 unspecified atom stereocenters. The standard InChI is InChI=1S/C5H5N.C4H4S.C2H3N/c1-2-4-6-5-3-1;1-2-4-5-3-1;1-2-3/h1-5H;1-4H;1H3. The van der Waals surface area contributed by atoms with Gasteiger partial charge in [0.05, 0.1) is 6.07 Å². The Labute approximate surface area is 88.5 Å². The molecule has 0 amide bonds. The Morgan fingerprint density at radius 3 is 1.64 bits per heavy atom. The van der Waals surface area contributed by atoms with Gasteiger partial charge in [-0.3, -0.25) is 4.98 Å². The second kappa shape index (κ2) is 11.3. The summed E-state index contributed by atoms with van der Waals surface area (Å²) in [6, 6.07) is 11.5.